The Balaban J connectivity index is 1.59. The molecule has 1 saturated heterocycles. The second kappa shape index (κ2) is 12.8. The second-order valence-electron chi connectivity index (χ2n) is 8.60. The highest BCUT2D eigenvalue weighted by Gasteiger charge is 2.61. The van der Waals surface area contributed by atoms with E-state index in [0.717, 1.165) is 11.1 Å². The third-order valence-electron chi connectivity index (χ3n) is 6.06. The molecule has 3 aromatic rings. The summed E-state index contributed by atoms with van der Waals surface area (Å²) in [5, 5.41) is 0. The molecule has 0 radical (unpaired) electrons. The largest absolute Gasteiger partial charge is 0.445 e. The summed E-state index contributed by atoms with van der Waals surface area (Å²) < 4.78 is 36.0. The van der Waals surface area contributed by atoms with Crippen molar-refractivity contribution in [3.05, 3.63) is 108 Å². The molecule has 0 aromatic heterocycles. The summed E-state index contributed by atoms with van der Waals surface area (Å²) in [6.07, 6.45) is -2.21. The number of hydrogen-bond donors (Lipinski definition) is 0. The fourth-order valence-corrected chi connectivity index (χ4v) is 4.37. The Hall–Kier alpha value is -3.07. The van der Waals surface area contributed by atoms with Gasteiger partial charge in [0.2, 0.25) is 11.9 Å². The lowest BCUT2D eigenvalue weighted by Crippen LogP contribution is -2.57. The lowest BCUT2D eigenvalue weighted by molar-refractivity contribution is -0.213. The van der Waals surface area contributed by atoms with Crippen LogP contribution in [0.3, 0.4) is 0 Å². The molecule has 0 aliphatic carbocycles. The molecule has 1 fully saturated rings. The van der Waals surface area contributed by atoms with Crippen molar-refractivity contribution in [1.29, 1.82) is 0 Å². The number of carbonyl (C=O) groups excluding carboxylic acids is 1. The zero-order valence-corrected chi connectivity index (χ0v) is 20.6. The molecular formula is C29H32O7. The van der Waals surface area contributed by atoms with Crippen LogP contribution in [0.25, 0.3) is 0 Å². The number of benzene rings is 3. The topological polar surface area (TPSA) is 72.5 Å². The van der Waals surface area contributed by atoms with E-state index in [9.17, 15) is 4.79 Å². The van der Waals surface area contributed by atoms with Crippen LogP contribution in [-0.4, -0.2) is 57.5 Å². The first-order chi connectivity index (χ1) is 17.7. The normalized spacial score (nSPS) is 23.4. The van der Waals surface area contributed by atoms with Crippen LogP contribution in [0.15, 0.2) is 91.0 Å². The van der Waals surface area contributed by atoms with E-state index in [-0.39, 0.29) is 19.8 Å². The number of ether oxygens (including phenoxy) is 6. The van der Waals surface area contributed by atoms with Crippen LogP contribution < -0.4 is 0 Å². The van der Waals surface area contributed by atoms with Crippen molar-refractivity contribution in [2.24, 2.45) is 0 Å². The number of rotatable bonds is 12. The van der Waals surface area contributed by atoms with E-state index >= 15 is 0 Å². The SMILES string of the molecule is COC[C@]1(OC(=O)c2ccccc2)[C@@H](OC)O[C@H](COCc2ccccc2)[C@H]1OCc1ccccc1. The average molecular weight is 493 g/mol. The van der Waals surface area contributed by atoms with Gasteiger partial charge in [-0.05, 0) is 23.3 Å². The van der Waals surface area contributed by atoms with Crippen LogP contribution in [0.1, 0.15) is 21.5 Å². The van der Waals surface area contributed by atoms with Gasteiger partial charge in [-0.2, -0.15) is 0 Å². The van der Waals surface area contributed by atoms with Gasteiger partial charge in [0.25, 0.3) is 0 Å². The molecule has 1 heterocycles. The van der Waals surface area contributed by atoms with Crippen molar-refractivity contribution in [3.8, 4) is 0 Å². The molecule has 3 aromatic carbocycles. The van der Waals surface area contributed by atoms with Crippen molar-refractivity contribution in [2.45, 2.75) is 37.3 Å². The van der Waals surface area contributed by atoms with Gasteiger partial charge in [0.1, 0.15) is 12.2 Å². The van der Waals surface area contributed by atoms with E-state index in [1.54, 1.807) is 24.3 Å². The molecule has 0 unspecified atom stereocenters. The van der Waals surface area contributed by atoms with Gasteiger partial charge in [0.15, 0.2) is 0 Å². The molecule has 0 saturated carbocycles. The first kappa shape index (κ1) is 26.0. The van der Waals surface area contributed by atoms with Crippen LogP contribution in [0.2, 0.25) is 0 Å². The molecule has 1 aliphatic heterocycles. The van der Waals surface area contributed by atoms with Crippen LogP contribution in [0.5, 0.6) is 0 Å². The molecule has 0 bridgehead atoms. The summed E-state index contributed by atoms with van der Waals surface area (Å²) in [6, 6.07) is 28.4. The van der Waals surface area contributed by atoms with Crippen LogP contribution >= 0.6 is 0 Å². The average Bonchev–Trinajstić information content (AvgIpc) is 3.20. The van der Waals surface area contributed by atoms with Gasteiger partial charge in [0.05, 0.1) is 32.0 Å². The molecule has 0 spiro atoms. The van der Waals surface area contributed by atoms with Crippen LogP contribution in [0.4, 0.5) is 0 Å². The Kier molecular flexibility index (Phi) is 9.22. The van der Waals surface area contributed by atoms with E-state index in [2.05, 4.69) is 0 Å². The fraction of sp³-hybridized carbons (Fsp3) is 0.345. The molecule has 4 atom stereocenters. The maximum Gasteiger partial charge on any atom is 0.339 e. The summed E-state index contributed by atoms with van der Waals surface area (Å²) in [5.74, 6) is -0.516. The van der Waals surface area contributed by atoms with E-state index < -0.39 is 30.1 Å². The molecular weight excluding hydrogens is 460 g/mol. The second-order valence-corrected chi connectivity index (χ2v) is 8.60. The van der Waals surface area contributed by atoms with Crippen molar-refractivity contribution < 1.29 is 33.2 Å². The molecule has 1 aliphatic rings. The predicted octanol–water partition coefficient (Wildman–Crippen LogP) is 4.40. The first-order valence-electron chi connectivity index (χ1n) is 11.9. The minimum absolute atomic E-state index is 0.0126. The third-order valence-corrected chi connectivity index (χ3v) is 6.06. The smallest absolute Gasteiger partial charge is 0.339 e. The van der Waals surface area contributed by atoms with E-state index in [4.69, 9.17) is 28.4 Å². The highest BCUT2D eigenvalue weighted by atomic mass is 16.7. The summed E-state index contributed by atoms with van der Waals surface area (Å²) in [4.78, 5) is 13.2. The maximum absolute atomic E-state index is 13.2. The van der Waals surface area contributed by atoms with Gasteiger partial charge in [-0.1, -0.05) is 78.9 Å². The molecule has 7 nitrogen and oxygen atoms in total. The van der Waals surface area contributed by atoms with Crippen molar-refractivity contribution in [2.75, 3.05) is 27.4 Å². The standard InChI is InChI=1S/C29H32O7/c1-31-21-29(36-27(30)24-16-10-5-11-17-24)26(34-19-23-14-8-4-9-15-23)25(35-28(29)32-2)20-33-18-22-12-6-3-7-13-22/h3-17,25-26,28H,18-21H2,1-2H3/t25-,26-,28+,29-/m1/s1. The Morgan fingerprint density at radius 2 is 1.42 bits per heavy atom. The van der Waals surface area contributed by atoms with Gasteiger partial charge >= 0.3 is 5.97 Å². The predicted molar refractivity (Wildman–Crippen MR) is 133 cm³/mol. The van der Waals surface area contributed by atoms with E-state index in [1.807, 2.05) is 66.7 Å². The van der Waals surface area contributed by atoms with Gasteiger partial charge in [0, 0.05) is 14.2 Å². The quantitative estimate of drug-likeness (QED) is 0.347. The highest BCUT2D eigenvalue weighted by molar-refractivity contribution is 5.89. The summed E-state index contributed by atoms with van der Waals surface area (Å²) in [5.41, 5.74) is 1.07. The highest BCUT2D eigenvalue weighted by Crippen LogP contribution is 2.39. The molecule has 7 heteroatoms. The van der Waals surface area contributed by atoms with Gasteiger partial charge in [-0.3, -0.25) is 0 Å². The van der Waals surface area contributed by atoms with Crippen LogP contribution in [-0.2, 0) is 41.6 Å². The molecule has 4 rings (SSSR count). The number of carbonyl (C=O) groups is 1. The van der Waals surface area contributed by atoms with Gasteiger partial charge < -0.3 is 28.4 Å². The van der Waals surface area contributed by atoms with Crippen molar-refractivity contribution in [3.63, 3.8) is 0 Å². The van der Waals surface area contributed by atoms with E-state index in [1.165, 1.54) is 14.2 Å². The van der Waals surface area contributed by atoms with Crippen LogP contribution in [0, 0.1) is 0 Å². The maximum atomic E-state index is 13.2. The summed E-state index contributed by atoms with van der Waals surface area (Å²) in [7, 11) is 3.05. The summed E-state index contributed by atoms with van der Waals surface area (Å²) in [6.45, 7) is 0.918. The van der Waals surface area contributed by atoms with Gasteiger partial charge in [-0.25, -0.2) is 4.79 Å². The molecule has 0 amide bonds. The Bertz CT molecular complexity index is 1060. The minimum atomic E-state index is -1.36. The Morgan fingerprint density at radius 3 is 2.00 bits per heavy atom. The van der Waals surface area contributed by atoms with E-state index in [0.29, 0.717) is 12.2 Å². The van der Waals surface area contributed by atoms with Crippen molar-refractivity contribution in [1.82, 2.24) is 0 Å². The Morgan fingerprint density at radius 1 is 0.833 bits per heavy atom. The fourth-order valence-electron chi connectivity index (χ4n) is 4.37. The zero-order chi connectivity index (χ0) is 25.2. The number of esters is 1. The monoisotopic (exact) mass is 492 g/mol. The third kappa shape index (κ3) is 6.19. The zero-order valence-electron chi connectivity index (χ0n) is 20.6. The number of hydrogen-bond acceptors (Lipinski definition) is 7. The summed E-state index contributed by atoms with van der Waals surface area (Å²) >= 11 is 0. The molecule has 36 heavy (non-hydrogen) atoms. The van der Waals surface area contributed by atoms with Gasteiger partial charge in [-0.15, -0.1) is 0 Å². The molecule has 190 valence electrons. The number of methoxy groups -OCH3 is 2. The van der Waals surface area contributed by atoms with Crippen molar-refractivity contribution >= 4 is 5.97 Å². The lowest BCUT2D eigenvalue weighted by Gasteiger charge is -2.36. The first-order valence-corrected chi connectivity index (χ1v) is 11.9. The minimum Gasteiger partial charge on any atom is -0.445 e. The lowest BCUT2D eigenvalue weighted by atomic mass is 9.94. The Labute approximate surface area is 211 Å². The molecule has 0 N–H and O–H groups in total.